The summed E-state index contributed by atoms with van der Waals surface area (Å²) in [4.78, 5) is 0. The monoisotopic (exact) mass is 418 g/mol. The average molecular weight is 418 g/mol. The van der Waals surface area contributed by atoms with Crippen LogP contribution >= 0.6 is 45.2 Å². The van der Waals surface area contributed by atoms with Crippen molar-refractivity contribution >= 4 is 45.2 Å². The number of benzene rings is 1. The summed E-state index contributed by atoms with van der Waals surface area (Å²) >= 11 is 4.60. The molecular formula is C10H12I2O2. The molecule has 0 heterocycles. The van der Waals surface area contributed by atoms with E-state index in [9.17, 15) is 10.2 Å². The maximum atomic E-state index is 9.70. The van der Waals surface area contributed by atoms with Gasteiger partial charge in [-0.25, -0.2) is 0 Å². The first-order valence-corrected chi connectivity index (χ1v) is 6.54. The van der Waals surface area contributed by atoms with Crippen LogP contribution in [0.1, 0.15) is 25.3 Å². The number of aromatic hydroxyl groups is 2. The third-order valence-corrected chi connectivity index (χ3v) is 4.21. The zero-order chi connectivity index (χ0) is 10.8. The fourth-order valence-electron chi connectivity index (χ4n) is 1.28. The van der Waals surface area contributed by atoms with Crippen LogP contribution in [0, 0.1) is 0 Å². The Morgan fingerprint density at radius 1 is 1.29 bits per heavy atom. The first-order chi connectivity index (χ1) is 6.49. The van der Waals surface area contributed by atoms with Crippen molar-refractivity contribution in [3.8, 4) is 11.5 Å². The number of hydrogen-bond acceptors (Lipinski definition) is 2. The van der Waals surface area contributed by atoms with Crippen LogP contribution in [0.5, 0.6) is 11.5 Å². The minimum atomic E-state index is -0.146. The van der Waals surface area contributed by atoms with E-state index in [0.717, 1.165) is 18.4 Å². The van der Waals surface area contributed by atoms with Crippen molar-refractivity contribution < 1.29 is 10.2 Å². The summed E-state index contributed by atoms with van der Waals surface area (Å²) in [6, 6.07) is 5.10. The highest BCUT2D eigenvalue weighted by molar-refractivity contribution is 14.2. The molecule has 0 aliphatic rings. The van der Waals surface area contributed by atoms with E-state index in [4.69, 9.17) is 0 Å². The predicted octanol–water partition coefficient (Wildman–Crippen LogP) is 3.92. The molecule has 0 aliphatic carbocycles. The molecule has 4 heteroatoms. The Hall–Kier alpha value is 0.280. The van der Waals surface area contributed by atoms with E-state index in [2.05, 4.69) is 52.1 Å². The molecule has 0 atom stereocenters. The summed E-state index contributed by atoms with van der Waals surface area (Å²) in [6.45, 7) is 2.10. The van der Waals surface area contributed by atoms with Crippen LogP contribution in [0.2, 0.25) is 0 Å². The first-order valence-electron chi connectivity index (χ1n) is 4.38. The molecule has 1 rings (SSSR count). The Morgan fingerprint density at radius 3 is 2.50 bits per heavy atom. The predicted molar refractivity (Wildman–Crippen MR) is 74.4 cm³/mol. The van der Waals surface area contributed by atoms with Gasteiger partial charge in [-0.15, -0.1) is 0 Å². The molecule has 0 unspecified atom stereocenters. The second-order valence-electron chi connectivity index (χ2n) is 3.13. The van der Waals surface area contributed by atoms with Crippen LogP contribution < -0.4 is 0 Å². The topological polar surface area (TPSA) is 40.5 Å². The van der Waals surface area contributed by atoms with Gasteiger partial charge < -0.3 is 10.2 Å². The van der Waals surface area contributed by atoms with Crippen LogP contribution in [-0.2, 0) is 1.43 Å². The lowest BCUT2D eigenvalue weighted by Gasteiger charge is -2.21. The molecule has 0 amide bonds. The molecule has 1 aromatic rings. The highest BCUT2D eigenvalue weighted by atomic mass is 127. The van der Waals surface area contributed by atoms with E-state index in [0.29, 0.717) is 0 Å². The molecule has 1 aromatic carbocycles. The summed E-state index contributed by atoms with van der Waals surface area (Å²) in [7, 11) is 0. The maximum absolute atomic E-state index is 9.70. The molecule has 2 N–H and O–H groups in total. The SMILES string of the molecule is CCCC(I)(I)c1cccc(O)c1O. The summed E-state index contributed by atoms with van der Waals surface area (Å²) in [5.41, 5.74) is 0.792. The van der Waals surface area contributed by atoms with E-state index in [1.165, 1.54) is 6.07 Å². The normalized spacial score (nSPS) is 11.6. The van der Waals surface area contributed by atoms with Gasteiger partial charge in [-0.1, -0.05) is 70.7 Å². The summed E-state index contributed by atoms with van der Waals surface area (Å²) < 4.78 is -0.146. The summed E-state index contributed by atoms with van der Waals surface area (Å²) in [5.74, 6) is -0.0407. The lowest BCUT2D eigenvalue weighted by Crippen LogP contribution is -2.07. The third kappa shape index (κ3) is 2.65. The van der Waals surface area contributed by atoms with Crippen LogP contribution in [0.25, 0.3) is 0 Å². The highest BCUT2D eigenvalue weighted by Crippen LogP contribution is 2.48. The van der Waals surface area contributed by atoms with Crippen molar-refractivity contribution in [3.05, 3.63) is 23.8 Å². The van der Waals surface area contributed by atoms with Crippen LogP contribution in [0.4, 0.5) is 0 Å². The number of phenolic OH excluding ortho intramolecular Hbond substituents is 2. The lowest BCUT2D eigenvalue weighted by atomic mass is 10.1. The summed E-state index contributed by atoms with van der Waals surface area (Å²) in [6.07, 6.45) is 2.01. The van der Waals surface area contributed by atoms with Gasteiger partial charge in [-0.3, -0.25) is 0 Å². The zero-order valence-corrected chi connectivity index (χ0v) is 12.1. The third-order valence-electron chi connectivity index (χ3n) is 1.97. The van der Waals surface area contributed by atoms with Gasteiger partial charge in [-0.2, -0.15) is 0 Å². The van der Waals surface area contributed by atoms with Gasteiger partial charge in [-0.05, 0) is 12.5 Å². The minimum Gasteiger partial charge on any atom is -0.504 e. The number of rotatable bonds is 3. The first kappa shape index (κ1) is 12.4. The van der Waals surface area contributed by atoms with E-state index in [-0.39, 0.29) is 12.9 Å². The van der Waals surface area contributed by atoms with Gasteiger partial charge in [0.05, 0.1) is 0 Å². The molecule has 0 radical (unpaired) electrons. The maximum Gasteiger partial charge on any atom is 0.162 e. The van der Waals surface area contributed by atoms with Crippen molar-refractivity contribution in [2.24, 2.45) is 0 Å². The Kier molecular flexibility index (Phi) is 4.30. The number of phenols is 2. The van der Waals surface area contributed by atoms with Gasteiger partial charge >= 0.3 is 0 Å². The summed E-state index contributed by atoms with van der Waals surface area (Å²) in [5, 5.41) is 19.1. The fraction of sp³-hybridized carbons (Fsp3) is 0.400. The van der Waals surface area contributed by atoms with Gasteiger partial charge in [0.1, 0.15) is 1.43 Å². The number of para-hydroxylation sites is 1. The Morgan fingerprint density at radius 2 is 1.93 bits per heavy atom. The van der Waals surface area contributed by atoms with Crippen molar-refractivity contribution in [3.63, 3.8) is 0 Å². The number of alkyl halides is 2. The lowest BCUT2D eigenvalue weighted by molar-refractivity contribution is 0.398. The van der Waals surface area contributed by atoms with Gasteiger partial charge in [0.15, 0.2) is 11.5 Å². The number of halogens is 2. The van der Waals surface area contributed by atoms with E-state index >= 15 is 0 Å². The van der Waals surface area contributed by atoms with Crippen LogP contribution in [0.3, 0.4) is 0 Å². The molecule has 0 saturated carbocycles. The van der Waals surface area contributed by atoms with Crippen molar-refractivity contribution in [1.29, 1.82) is 0 Å². The Balaban J connectivity index is 3.12. The molecule has 0 fully saturated rings. The highest BCUT2D eigenvalue weighted by Gasteiger charge is 2.27. The van der Waals surface area contributed by atoms with E-state index in [1.54, 1.807) is 6.07 Å². The molecule has 0 saturated heterocycles. The van der Waals surface area contributed by atoms with Gasteiger partial charge in [0, 0.05) is 5.56 Å². The van der Waals surface area contributed by atoms with Crippen molar-refractivity contribution in [2.75, 3.05) is 0 Å². The van der Waals surface area contributed by atoms with E-state index < -0.39 is 0 Å². The quantitative estimate of drug-likeness (QED) is 0.444. The molecule has 14 heavy (non-hydrogen) atoms. The second kappa shape index (κ2) is 4.87. The molecule has 0 aliphatic heterocycles. The molecule has 0 bridgehead atoms. The Bertz CT molecular complexity index is 324. The van der Waals surface area contributed by atoms with E-state index in [1.807, 2.05) is 6.07 Å². The van der Waals surface area contributed by atoms with Crippen LogP contribution in [-0.4, -0.2) is 10.2 Å². The Labute approximate surface area is 111 Å². The van der Waals surface area contributed by atoms with Gasteiger partial charge in [0.2, 0.25) is 0 Å². The molecule has 0 spiro atoms. The van der Waals surface area contributed by atoms with Gasteiger partial charge in [0.25, 0.3) is 0 Å². The molecular weight excluding hydrogens is 406 g/mol. The second-order valence-corrected chi connectivity index (χ2v) is 8.87. The van der Waals surface area contributed by atoms with Crippen molar-refractivity contribution in [1.82, 2.24) is 0 Å². The fourth-order valence-corrected chi connectivity index (χ4v) is 3.22. The standard InChI is InChI=1S/C10H12I2O2/c1-2-6-10(11,12)7-4-3-5-8(13)9(7)14/h3-5,13-14H,2,6H2,1H3. The largest absolute Gasteiger partial charge is 0.504 e. The minimum absolute atomic E-state index is 0.00440. The molecule has 0 aromatic heterocycles. The van der Waals surface area contributed by atoms with Crippen LogP contribution in [0.15, 0.2) is 18.2 Å². The molecule has 78 valence electrons. The van der Waals surface area contributed by atoms with Crippen molar-refractivity contribution in [2.45, 2.75) is 21.2 Å². The molecule has 2 nitrogen and oxygen atoms in total. The average Bonchev–Trinajstić information content (AvgIpc) is 2.09. The smallest absolute Gasteiger partial charge is 0.162 e. The number of hydrogen-bond donors (Lipinski definition) is 2. The zero-order valence-electron chi connectivity index (χ0n) is 7.80.